The third kappa shape index (κ3) is 2.76. The van der Waals surface area contributed by atoms with E-state index in [1.807, 2.05) is 6.07 Å². The first-order valence-corrected chi connectivity index (χ1v) is 6.18. The van der Waals surface area contributed by atoms with E-state index in [-0.39, 0.29) is 0 Å². The van der Waals surface area contributed by atoms with Crippen LogP contribution in [0.25, 0.3) is 0 Å². The Kier molecular flexibility index (Phi) is 3.49. The number of anilines is 1. The fraction of sp³-hybridized carbons (Fsp3) is 0.571. The third-order valence-electron chi connectivity index (χ3n) is 3.65. The molecule has 0 unspecified atom stereocenters. The quantitative estimate of drug-likeness (QED) is 0.773. The molecule has 2 nitrogen and oxygen atoms in total. The lowest BCUT2D eigenvalue weighted by atomic mass is 9.89. The largest absolute Gasteiger partial charge is 0.399 e. The SMILES string of the molecule is Cc1ccc(N)c(CC2CCN(C)CC2)c1. The van der Waals surface area contributed by atoms with Crippen LogP contribution in [0.2, 0.25) is 0 Å². The van der Waals surface area contributed by atoms with Crippen LogP contribution in [0, 0.1) is 12.8 Å². The number of rotatable bonds is 2. The van der Waals surface area contributed by atoms with Gasteiger partial charge >= 0.3 is 0 Å². The van der Waals surface area contributed by atoms with Crippen LogP contribution in [0.15, 0.2) is 18.2 Å². The molecule has 0 saturated carbocycles. The molecule has 1 fully saturated rings. The lowest BCUT2D eigenvalue weighted by molar-refractivity contribution is 0.219. The summed E-state index contributed by atoms with van der Waals surface area (Å²) in [6.45, 7) is 4.60. The molecule has 1 heterocycles. The van der Waals surface area contributed by atoms with Crippen molar-refractivity contribution in [3.63, 3.8) is 0 Å². The van der Waals surface area contributed by atoms with Gasteiger partial charge in [0.1, 0.15) is 0 Å². The van der Waals surface area contributed by atoms with Crippen LogP contribution >= 0.6 is 0 Å². The number of nitrogen functional groups attached to an aromatic ring is 1. The summed E-state index contributed by atoms with van der Waals surface area (Å²) in [5, 5.41) is 0. The summed E-state index contributed by atoms with van der Waals surface area (Å²) in [7, 11) is 2.21. The minimum absolute atomic E-state index is 0.820. The maximum atomic E-state index is 6.02. The van der Waals surface area contributed by atoms with Crippen molar-refractivity contribution in [1.82, 2.24) is 4.90 Å². The second-order valence-electron chi connectivity index (χ2n) is 5.15. The summed E-state index contributed by atoms with van der Waals surface area (Å²) in [5.74, 6) is 0.820. The lowest BCUT2D eigenvalue weighted by Crippen LogP contribution is -2.31. The first-order chi connectivity index (χ1) is 7.65. The van der Waals surface area contributed by atoms with Gasteiger partial charge in [0.2, 0.25) is 0 Å². The molecule has 2 N–H and O–H groups in total. The number of aryl methyl sites for hydroxylation is 1. The molecule has 1 aromatic rings. The van der Waals surface area contributed by atoms with Crippen LogP contribution in [-0.4, -0.2) is 25.0 Å². The Morgan fingerprint density at radius 1 is 1.31 bits per heavy atom. The maximum absolute atomic E-state index is 6.02. The molecular formula is C14H22N2. The Bertz CT molecular complexity index is 352. The molecule has 0 amide bonds. The molecule has 0 atom stereocenters. The van der Waals surface area contributed by atoms with Crippen molar-refractivity contribution in [2.75, 3.05) is 25.9 Å². The number of benzene rings is 1. The van der Waals surface area contributed by atoms with Gasteiger partial charge in [0, 0.05) is 5.69 Å². The normalized spacial score (nSPS) is 18.9. The predicted octanol–water partition coefficient (Wildman–Crippen LogP) is 2.46. The minimum atomic E-state index is 0.820. The van der Waals surface area contributed by atoms with Gasteiger partial charge in [-0.2, -0.15) is 0 Å². The summed E-state index contributed by atoms with van der Waals surface area (Å²) < 4.78 is 0. The maximum Gasteiger partial charge on any atom is 0.0346 e. The van der Waals surface area contributed by atoms with Gasteiger partial charge in [-0.1, -0.05) is 17.7 Å². The van der Waals surface area contributed by atoms with Gasteiger partial charge in [-0.05, 0) is 63.9 Å². The summed E-state index contributed by atoms with van der Waals surface area (Å²) >= 11 is 0. The number of hydrogen-bond donors (Lipinski definition) is 1. The molecule has 0 bridgehead atoms. The van der Waals surface area contributed by atoms with E-state index < -0.39 is 0 Å². The average Bonchev–Trinajstić information content (AvgIpc) is 2.27. The van der Waals surface area contributed by atoms with Crippen molar-refractivity contribution in [3.05, 3.63) is 29.3 Å². The monoisotopic (exact) mass is 218 g/mol. The van der Waals surface area contributed by atoms with Crippen LogP contribution in [0.4, 0.5) is 5.69 Å². The number of nitrogens with zero attached hydrogens (tertiary/aromatic N) is 1. The van der Waals surface area contributed by atoms with Gasteiger partial charge in [0.25, 0.3) is 0 Å². The Morgan fingerprint density at radius 3 is 2.69 bits per heavy atom. The standard InChI is InChI=1S/C14H22N2/c1-11-3-4-14(15)13(9-11)10-12-5-7-16(2)8-6-12/h3-4,9,12H,5-8,10,15H2,1-2H3. The van der Waals surface area contributed by atoms with E-state index in [4.69, 9.17) is 5.73 Å². The highest BCUT2D eigenvalue weighted by Gasteiger charge is 2.17. The summed E-state index contributed by atoms with van der Waals surface area (Å²) in [5.41, 5.74) is 9.64. The van der Waals surface area contributed by atoms with Crippen LogP contribution < -0.4 is 5.73 Å². The molecule has 2 heteroatoms. The molecule has 1 aliphatic rings. The third-order valence-corrected chi connectivity index (χ3v) is 3.65. The number of piperidine rings is 1. The average molecular weight is 218 g/mol. The fourth-order valence-corrected chi connectivity index (χ4v) is 2.49. The molecule has 2 rings (SSSR count). The second-order valence-corrected chi connectivity index (χ2v) is 5.15. The topological polar surface area (TPSA) is 29.3 Å². The van der Waals surface area contributed by atoms with Crippen LogP contribution in [0.1, 0.15) is 24.0 Å². The number of likely N-dealkylation sites (tertiary alicyclic amines) is 1. The number of hydrogen-bond acceptors (Lipinski definition) is 2. The van der Waals surface area contributed by atoms with E-state index in [0.717, 1.165) is 18.0 Å². The highest BCUT2D eigenvalue weighted by molar-refractivity contribution is 5.48. The molecule has 0 radical (unpaired) electrons. The zero-order valence-corrected chi connectivity index (χ0v) is 10.4. The minimum Gasteiger partial charge on any atom is -0.399 e. The van der Waals surface area contributed by atoms with Crippen molar-refractivity contribution >= 4 is 5.69 Å². The fourth-order valence-electron chi connectivity index (χ4n) is 2.49. The van der Waals surface area contributed by atoms with E-state index in [9.17, 15) is 0 Å². The molecule has 16 heavy (non-hydrogen) atoms. The zero-order valence-electron chi connectivity index (χ0n) is 10.4. The van der Waals surface area contributed by atoms with Crippen LogP contribution in [0.3, 0.4) is 0 Å². The predicted molar refractivity (Wildman–Crippen MR) is 69.5 cm³/mol. The molecular weight excluding hydrogens is 196 g/mol. The van der Waals surface area contributed by atoms with Gasteiger partial charge in [0.05, 0.1) is 0 Å². The summed E-state index contributed by atoms with van der Waals surface area (Å²) in [6.07, 6.45) is 3.77. The first kappa shape index (κ1) is 11.5. The van der Waals surface area contributed by atoms with Crippen molar-refractivity contribution in [2.24, 2.45) is 5.92 Å². The van der Waals surface area contributed by atoms with Gasteiger partial charge in [-0.15, -0.1) is 0 Å². The molecule has 0 aliphatic carbocycles. The van der Waals surface area contributed by atoms with Crippen molar-refractivity contribution in [2.45, 2.75) is 26.2 Å². The van der Waals surface area contributed by atoms with E-state index in [2.05, 4.69) is 31.0 Å². The van der Waals surface area contributed by atoms with Gasteiger partial charge < -0.3 is 10.6 Å². The molecule has 1 saturated heterocycles. The second kappa shape index (κ2) is 4.88. The Labute approximate surface area is 98.4 Å². The van der Waals surface area contributed by atoms with E-state index in [0.29, 0.717) is 0 Å². The zero-order chi connectivity index (χ0) is 11.5. The van der Waals surface area contributed by atoms with E-state index in [1.165, 1.54) is 37.1 Å². The Morgan fingerprint density at radius 2 is 2.00 bits per heavy atom. The smallest absolute Gasteiger partial charge is 0.0346 e. The van der Waals surface area contributed by atoms with Crippen molar-refractivity contribution < 1.29 is 0 Å². The van der Waals surface area contributed by atoms with E-state index >= 15 is 0 Å². The van der Waals surface area contributed by atoms with Gasteiger partial charge in [0.15, 0.2) is 0 Å². The summed E-state index contributed by atoms with van der Waals surface area (Å²) in [4.78, 5) is 2.41. The molecule has 0 spiro atoms. The van der Waals surface area contributed by atoms with Crippen LogP contribution in [0.5, 0.6) is 0 Å². The Balaban J connectivity index is 2.00. The highest BCUT2D eigenvalue weighted by Crippen LogP contribution is 2.24. The number of nitrogens with two attached hydrogens (primary N) is 1. The molecule has 1 aliphatic heterocycles. The van der Waals surface area contributed by atoms with Crippen LogP contribution in [-0.2, 0) is 6.42 Å². The van der Waals surface area contributed by atoms with Crippen molar-refractivity contribution in [3.8, 4) is 0 Å². The Hall–Kier alpha value is -1.02. The molecule has 1 aromatic carbocycles. The highest BCUT2D eigenvalue weighted by atomic mass is 15.1. The molecule has 0 aromatic heterocycles. The first-order valence-electron chi connectivity index (χ1n) is 6.18. The molecule has 88 valence electrons. The van der Waals surface area contributed by atoms with Crippen molar-refractivity contribution in [1.29, 1.82) is 0 Å². The van der Waals surface area contributed by atoms with Gasteiger partial charge in [-0.25, -0.2) is 0 Å². The lowest BCUT2D eigenvalue weighted by Gasteiger charge is -2.29. The van der Waals surface area contributed by atoms with E-state index in [1.54, 1.807) is 0 Å². The summed E-state index contributed by atoms with van der Waals surface area (Å²) in [6, 6.07) is 6.38. The van der Waals surface area contributed by atoms with Gasteiger partial charge in [-0.3, -0.25) is 0 Å².